The van der Waals surface area contributed by atoms with Gasteiger partial charge >= 0.3 is 0 Å². The van der Waals surface area contributed by atoms with Crippen molar-refractivity contribution in [3.05, 3.63) is 82.9 Å². The monoisotopic (exact) mass is 369 g/mol. The van der Waals surface area contributed by atoms with Gasteiger partial charge in [-0.25, -0.2) is 4.98 Å². The van der Waals surface area contributed by atoms with Gasteiger partial charge in [0.25, 0.3) is 7.52 Å². The highest BCUT2D eigenvalue weighted by atomic mass is 31.2. The van der Waals surface area contributed by atoms with E-state index in [0.29, 0.717) is 0 Å². The summed E-state index contributed by atoms with van der Waals surface area (Å²) >= 11 is 0. The summed E-state index contributed by atoms with van der Waals surface area (Å²) in [6.07, 6.45) is 3.55. The van der Waals surface area contributed by atoms with Gasteiger partial charge in [0, 0.05) is 31.4 Å². The molecule has 0 aliphatic rings. The molecule has 2 aromatic carbocycles. The van der Waals surface area contributed by atoms with Crippen LogP contribution in [0.2, 0.25) is 0 Å². The molecule has 3 aromatic rings. The third kappa shape index (κ3) is 3.90. The van der Waals surface area contributed by atoms with Crippen LogP contribution < -0.4 is 5.09 Å². The van der Waals surface area contributed by atoms with Crippen LogP contribution in [0.25, 0.3) is 0 Å². The van der Waals surface area contributed by atoms with E-state index in [1.807, 2.05) is 24.4 Å². The number of hydrogen-bond acceptors (Lipinski definition) is 3. The number of imidazole rings is 1. The van der Waals surface area contributed by atoms with Crippen LogP contribution in [-0.4, -0.2) is 23.7 Å². The molecule has 2 unspecified atom stereocenters. The zero-order valence-corrected chi connectivity index (χ0v) is 16.4. The molecule has 2 N–H and O–H groups in total. The normalized spacial score (nSPS) is 14.6. The molecule has 26 heavy (non-hydrogen) atoms. The van der Waals surface area contributed by atoms with Crippen molar-refractivity contribution in [1.29, 1.82) is 0 Å². The Morgan fingerprint density at radius 3 is 2.65 bits per heavy atom. The number of nitrogens with one attached hydrogen (secondary N) is 2. The topological polar surface area (TPSA) is 67.0 Å². The van der Waals surface area contributed by atoms with Gasteiger partial charge in [-0.3, -0.25) is 4.57 Å². The van der Waals surface area contributed by atoms with Gasteiger partial charge < -0.3 is 14.6 Å². The fraction of sp³-hybridized carbons (Fsp3) is 0.250. The van der Waals surface area contributed by atoms with E-state index in [1.165, 1.54) is 23.8 Å². The number of rotatable bonds is 6. The van der Waals surface area contributed by atoms with Crippen molar-refractivity contribution in [2.75, 3.05) is 18.9 Å². The number of H-pyrrole nitrogens is 1. The van der Waals surface area contributed by atoms with Crippen molar-refractivity contribution in [3.63, 3.8) is 0 Å². The Bertz CT molecular complexity index is 938. The predicted molar refractivity (Wildman–Crippen MR) is 106 cm³/mol. The van der Waals surface area contributed by atoms with Crippen LogP contribution in [0.5, 0.6) is 0 Å². The van der Waals surface area contributed by atoms with Gasteiger partial charge in [0.15, 0.2) is 0 Å². The molecular weight excluding hydrogens is 345 g/mol. The minimum Gasteiger partial charge on any atom is -0.348 e. The van der Waals surface area contributed by atoms with Gasteiger partial charge in [-0.1, -0.05) is 30.3 Å². The molecule has 0 saturated heterocycles. The van der Waals surface area contributed by atoms with Gasteiger partial charge in [0.2, 0.25) is 0 Å². The summed E-state index contributed by atoms with van der Waals surface area (Å²) in [4.78, 5) is 7.45. The number of benzene rings is 2. The van der Waals surface area contributed by atoms with Crippen LogP contribution in [0.1, 0.15) is 33.9 Å². The average molecular weight is 369 g/mol. The first-order chi connectivity index (χ1) is 12.4. The van der Waals surface area contributed by atoms with Crippen molar-refractivity contribution < 1.29 is 9.09 Å². The summed E-state index contributed by atoms with van der Waals surface area (Å²) in [6.45, 7) is 5.82. The fourth-order valence-electron chi connectivity index (χ4n) is 3.11. The number of aromatic nitrogens is 2. The van der Waals surface area contributed by atoms with Crippen LogP contribution in [0.4, 0.5) is 5.69 Å². The third-order valence-electron chi connectivity index (χ3n) is 4.69. The molecule has 3 rings (SSSR count). The molecule has 2 atom stereocenters. The van der Waals surface area contributed by atoms with Crippen molar-refractivity contribution in [3.8, 4) is 0 Å². The first kappa shape index (κ1) is 18.4. The zero-order valence-electron chi connectivity index (χ0n) is 15.5. The van der Waals surface area contributed by atoms with Gasteiger partial charge in [-0.2, -0.15) is 0 Å². The lowest BCUT2D eigenvalue weighted by Gasteiger charge is -2.21. The summed E-state index contributed by atoms with van der Waals surface area (Å²) in [6, 6.07) is 14.3. The molecule has 1 heterocycles. The van der Waals surface area contributed by atoms with Crippen molar-refractivity contribution in [2.24, 2.45) is 0 Å². The van der Waals surface area contributed by atoms with Gasteiger partial charge in [-0.15, -0.1) is 0 Å². The first-order valence-corrected chi connectivity index (χ1v) is 10.5. The summed E-state index contributed by atoms with van der Waals surface area (Å²) in [5.74, 6) is 0.0120. The highest BCUT2D eigenvalue weighted by Gasteiger charge is 2.21. The van der Waals surface area contributed by atoms with Crippen LogP contribution in [0, 0.1) is 13.8 Å². The molecule has 0 fully saturated rings. The molecule has 0 amide bonds. The molecule has 0 spiro atoms. The van der Waals surface area contributed by atoms with E-state index in [0.717, 1.165) is 16.9 Å². The van der Waals surface area contributed by atoms with E-state index in [1.54, 1.807) is 13.0 Å². The van der Waals surface area contributed by atoms with E-state index in [-0.39, 0.29) is 5.92 Å². The Hall–Kier alpha value is -2.36. The molecular formula is C20H24N3O2P. The Morgan fingerprint density at radius 2 is 1.96 bits per heavy atom. The van der Waals surface area contributed by atoms with Crippen LogP contribution in [0.3, 0.4) is 0 Å². The molecule has 5 nitrogen and oxygen atoms in total. The second-order valence-corrected chi connectivity index (χ2v) is 8.78. The third-order valence-corrected chi connectivity index (χ3v) is 6.05. The quantitative estimate of drug-likeness (QED) is 0.594. The molecule has 0 bridgehead atoms. The second kappa shape index (κ2) is 7.48. The van der Waals surface area contributed by atoms with E-state index in [4.69, 9.17) is 4.52 Å². The maximum Gasteiger partial charge on any atom is 0.290 e. The number of aromatic amines is 1. The summed E-state index contributed by atoms with van der Waals surface area (Å²) in [7, 11) is -1.42. The lowest BCUT2D eigenvalue weighted by Crippen LogP contribution is -2.07. The standard InChI is InChI=1S/C20H24N3O2P/c1-14-7-5-10-18(15(14)2)20(19-12-21-13-22-19)16-8-6-9-17(11-16)23-26(4,24)25-3/h5-13,20H,1-4H3,(H,21,22)(H,23,24). The van der Waals surface area contributed by atoms with Crippen LogP contribution in [-0.2, 0) is 9.09 Å². The van der Waals surface area contributed by atoms with Crippen molar-refractivity contribution in [1.82, 2.24) is 9.97 Å². The Balaban J connectivity index is 2.09. The average Bonchev–Trinajstić information content (AvgIpc) is 3.13. The van der Waals surface area contributed by atoms with Crippen LogP contribution >= 0.6 is 7.52 Å². The molecule has 6 heteroatoms. The molecule has 0 aliphatic heterocycles. The minimum atomic E-state index is -2.86. The summed E-state index contributed by atoms with van der Waals surface area (Å²) < 4.78 is 17.3. The van der Waals surface area contributed by atoms with E-state index in [9.17, 15) is 4.57 Å². The lowest BCUT2D eigenvalue weighted by atomic mass is 9.85. The number of aryl methyl sites for hydroxylation is 1. The number of nitrogens with zero attached hydrogens (tertiary/aromatic N) is 1. The van der Waals surface area contributed by atoms with Gasteiger partial charge in [0.05, 0.1) is 12.2 Å². The zero-order chi connectivity index (χ0) is 18.7. The first-order valence-electron chi connectivity index (χ1n) is 8.47. The van der Waals surface area contributed by atoms with Gasteiger partial charge in [-0.05, 0) is 48.2 Å². The predicted octanol–water partition coefficient (Wildman–Crippen LogP) is 5.09. The fourth-order valence-corrected chi connectivity index (χ4v) is 3.80. The molecule has 136 valence electrons. The second-order valence-electron chi connectivity index (χ2n) is 6.49. The number of anilines is 1. The van der Waals surface area contributed by atoms with Crippen LogP contribution in [0.15, 0.2) is 55.0 Å². The summed E-state index contributed by atoms with van der Waals surface area (Å²) in [5, 5.41) is 2.99. The SMILES string of the molecule is COP(C)(=O)Nc1cccc(C(c2cnc[nH]2)c2cccc(C)c2C)c1. The summed E-state index contributed by atoms with van der Waals surface area (Å²) in [5.41, 5.74) is 6.59. The van der Waals surface area contributed by atoms with E-state index in [2.05, 4.69) is 53.2 Å². The smallest absolute Gasteiger partial charge is 0.290 e. The van der Waals surface area contributed by atoms with Crippen molar-refractivity contribution >= 4 is 13.2 Å². The molecule has 0 radical (unpaired) electrons. The van der Waals surface area contributed by atoms with Gasteiger partial charge in [0.1, 0.15) is 0 Å². The highest BCUT2D eigenvalue weighted by Crippen LogP contribution is 2.42. The Morgan fingerprint density at radius 1 is 1.19 bits per heavy atom. The van der Waals surface area contributed by atoms with E-state index >= 15 is 0 Å². The Labute approximate surface area is 154 Å². The largest absolute Gasteiger partial charge is 0.348 e. The van der Waals surface area contributed by atoms with Crippen molar-refractivity contribution in [2.45, 2.75) is 19.8 Å². The number of hydrogen-bond donors (Lipinski definition) is 2. The van der Waals surface area contributed by atoms with E-state index < -0.39 is 7.52 Å². The maximum absolute atomic E-state index is 12.3. The highest BCUT2D eigenvalue weighted by molar-refractivity contribution is 7.59. The Kier molecular flexibility index (Phi) is 5.30. The minimum absolute atomic E-state index is 0.0120. The molecule has 1 aromatic heterocycles. The molecule has 0 saturated carbocycles. The maximum atomic E-state index is 12.3. The molecule has 0 aliphatic carbocycles. The lowest BCUT2D eigenvalue weighted by molar-refractivity contribution is 0.403.